The van der Waals surface area contributed by atoms with E-state index in [9.17, 15) is 0 Å². The first-order valence-corrected chi connectivity index (χ1v) is 6.79. The Morgan fingerprint density at radius 2 is 1.88 bits per heavy atom. The van der Waals surface area contributed by atoms with Crippen molar-refractivity contribution in [3.05, 3.63) is 29.8 Å². The number of nitrogens with one attached hydrogen (secondary N) is 1. The van der Waals surface area contributed by atoms with Gasteiger partial charge in [0, 0.05) is 10.4 Å². The Labute approximate surface area is 102 Å². The summed E-state index contributed by atoms with van der Waals surface area (Å²) in [6.07, 6.45) is 3.08. The molecule has 2 N–H and O–H groups in total. The molecule has 0 heterocycles. The Balaban J connectivity index is 2.37. The first-order valence-electron chi connectivity index (χ1n) is 5.56. The third-order valence-corrected chi connectivity index (χ3v) is 3.32. The molecule has 0 aromatic heterocycles. The monoisotopic (exact) mass is 239 g/mol. The predicted octanol–water partition coefficient (Wildman–Crippen LogP) is 2.31. The third-order valence-electron chi connectivity index (χ3n) is 2.57. The lowest BCUT2D eigenvalue weighted by Gasteiger charge is -2.23. The molecule has 0 bridgehead atoms. The van der Waals surface area contributed by atoms with E-state index in [0.717, 1.165) is 13.0 Å². The predicted molar refractivity (Wildman–Crippen MR) is 71.1 cm³/mol. The van der Waals surface area contributed by atoms with Gasteiger partial charge in [0.05, 0.1) is 6.61 Å². The summed E-state index contributed by atoms with van der Waals surface area (Å²) in [4.78, 5) is 1.30. The van der Waals surface area contributed by atoms with Crippen LogP contribution in [0, 0.1) is 0 Å². The van der Waals surface area contributed by atoms with Crippen molar-refractivity contribution in [2.24, 2.45) is 0 Å². The van der Waals surface area contributed by atoms with Gasteiger partial charge in [-0.1, -0.05) is 12.1 Å². The molecule has 0 aliphatic rings. The smallest absolute Gasteiger partial charge is 0.0607 e. The normalized spacial score (nSPS) is 11.8. The summed E-state index contributed by atoms with van der Waals surface area (Å²) in [5.41, 5.74) is 1.15. The number of hydrogen-bond acceptors (Lipinski definition) is 3. The molecule has 0 amide bonds. The van der Waals surface area contributed by atoms with Gasteiger partial charge < -0.3 is 10.4 Å². The van der Waals surface area contributed by atoms with Gasteiger partial charge in [0.1, 0.15) is 0 Å². The van der Waals surface area contributed by atoms with E-state index in [1.165, 1.54) is 10.5 Å². The molecule has 0 unspecified atom stereocenters. The van der Waals surface area contributed by atoms with E-state index in [-0.39, 0.29) is 12.1 Å². The minimum atomic E-state index is -0.181. The Morgan fingerprint density at radius 1 is 1.25 bits per heavy atom. The van der Waals surface area contributed by atoms with Crippen LogP contribution in [0.15, 0.2) is 29.2 Å². The zero-order valence-corrected chi connectivity index (χ0v) is 11.1. The van der Waals surface area contributed by atoms with Crippen molar-refractivity contribution in [1.29, 1.82) is 0 Å². The van der Waals surface area contributed by atoms with E-state index in [4.69, 9.17) is 5.11 Å². The molecule has 0 atom stereocenters. The van der Waals surface area contributed by atoms with Gasteiger partial charge in [-0.3, -0.25) is 0 Å². The number of benzene rings is 1. The summed E-state index contributed by atoms with van der Waals surface area (Å²) in [7, 11) is 0. The molecule has 1 aromatic carbocycles. The third kappa shape index (κ3) is 4.56. The Hall–Kier alpha value is -0.510. The standard InChI is InChI=1S/C13H21NOS/c1-13(2,10-15)14-9-8-11-4-6-12(16-3)7-5-11/h4-7,14-15H,8-10H2,1-3H3. The largest absolute Gasteiger partial charge is 0.394 e. The maximum atomic E-state index is 9.09. The van der Waals surface area contributed by atoms with Crippen molar-refractivity contribution in [3.63, 3.8) is 0 Å². The van der Waals surface area contributed by atoms with Crippen LogP contribution in [0.4, 0.5) is 0 Å². The molecule has 1 rings (SSSR count). The molecule has 0 aliphatic heterocycles. The summed E-state index contributed by atoms with van der Waals surface area (Å²) in [5.74, 6) is 0. The first kappa shape index (κ1) is 13.6. The van der Waals surface area contributed by atoms with E-state index in [1.54, 1.807) is 11.8 Å². The van der Waals surface area contributed by atoms with Crippen molar-refractivity contribution in [3.8, 4) is 0 Å². The van der Waals surface area contributed by atoms with Crippen LogP contribution in [0.5, 0.6) is 0 Å². The van der Waals surface area contributed by atoms with E-state index >= 15 is 0 Å². The number of aliphatic hydroxyl groups is 1. The highest BCUT2D eigenvalue weighted by Gasteiger charge is 2.13. The lowest BCUT2D eigenvalue weighted by molar-refractivity contribution is 0.189. The highest BCUT2D eigenvalue weighted by atomic mass is 32.2. The lowest BCUT2D eigenvalue weighted by atomic mass is 10.1. The molecule has 0 saturated heterocycles. The van der Waals surface area contributed by atoms with Crippen molar-refractivity contribution >= 4 is 11.8 Å². The molecular weight excluding hydrogens is 218 g/mol. The van der Waals surface area contributed by atoms with Gasteiger partial charge in [0.2, 0.25) is 0 Å². The number of hydrogen-bond donors (Lipinski definition) is 2. The number of thioether (sulfide) groups is 1. The second-order valence-electron chi connectivity index (χ2n) is 4.57. The van der Waals surface area contributed by atoms with Crippen LogP contribution in [-0.2, 0) is 6.42 Å². The van der Waals surface area contributed by atoms with Crippen LogP contribution in [0.3, 0.4) is 0 Å². The molecule has 0 fully saturated rings. The molecule has 90 valence electrons. The van der Waals surface area contributed by atoms with Crippen LogP contribution in [0.2, 0.25) is 0 Å². The van der Waals surface area contributed by atoms with E-state index in [0.29, 0.717) is 0 Å². The molecule has 16 heavy (non-hydrogen) atoms. The fourth-order valence-corrected chi connectivity index (χ4v) is 1.80. The second-order valence-corrected chi connectivity index (χ2v) is 5.45. The van der Waals surface area contributed by atoms with Crippen LogP contribution >= 0.6 is 11.8 Å². The van der Waals surface area contributed by atoms with Crippen molar-refractivity contribution in [2.75, 3.05) is 19.4 Å². The Bertz CT molecular complexity index is 308. The number of aliphatic hydroxyl groups excluding tert-OH is 1. The number of rotatable bonds is 6. The van der Waals surface area contributed by atoms with Crippen molar-refractivity contribution in [2.45, 2.75) is 30.7 Å². The van der Waals surface area contributed by atoms with Crippen LogP contribution in [-0.4, -0.2) is 30.1 Å². The average Bonchev–Trinajstić information content (AvgIpc) is 2.30. The first-order chi connectivity index (χ1) is 7.57. The quantitative estimate of drug-likeness (QED) is 0.747. The highest BCUT2D eigenvalue weighted by Crippen LogP contribution is 2.15. The second kappa shape index (κ2) is 6.28. The summed E-state index contributed by atoms with van der Waals surface area (Å²) in [6.45, 7) is 5.07. The van der Waals surface area contributed by atoms with E-state index < -0.39 is 0 Å². The van der Waals surface area contributed by atoms with E-state index in [2.05, 4.69) is 35.8 Å². The molecular formula is C13H21NOS. The van der Waals surface area contributed by atoms with Gasteiger partial charge in [0.15, 0.2) is 0 Å². The molecule has 0 spiro atoms. The van der Waals surface area contributed by atoms with Gasteiger partial charge in [-0.15, -0.1) is 11.8 Å². The topological polar surface area (TPSA) is 32.3 Å². The maximum absolute atomic E-state index is 9.09. The van der Waals surface area contributed by atoms with Crippen LogP contribution in [0.1, 0.15) is 19.4 Å². The molecule has 3 heteroatoms. The Morgan fingerprint density at radius 3 is 2.38 bits per heavy atom. The highest BCUT2D eigenvalue weighted by molar-refractivity contribution is 7.98. The Kier molecular flexibility index (Phi) is 5.32. The summed E-state index contributed by atoms with van der Waals surface area (Å²) < 4.78 is 0. The zero-order valence-electron chi connectivity index (χ0n) is 10.3. The van der Waals surface area contributed by atoms with Crippen molar-refractivity contribution in [1.82, 2.24) is 5.32 Å². The molecule has 0 radical (unpaired) electrons. The van der Waals surface area contributed by atoms with Gasteiger partial charge in [-0.05, 0) is 50.8 Å². The summed E-state index contributed by atoms with van der Waals surface area (Å²) in [5, 5.41) is 12.4. The SMILES string of the molecule is CSc1ccc(CCNC(C)(C)CO)cc1. The van der Waals surface area contributed by atoms with E-state index in [1.807, 2.05) is 13.8 Å². The van der Waals surface area contributed by atoms with Gasteiger partial charge >= 0.3 is 0 Å². The fourth-order valence-electron chi connectivity index (χ4n) is 1.39. The summed E-state index contributed by atoms with van der Waals surface area (Å²) >= 11 is 1.76. The van der Waals surface area contributed by atoms with Gasteiger partial charge in [0.25, 0.3) is 0 Å². The lowest BCUT2D eigenvalue weighted by Crippen LogP contribution is -2.43. The van der Waals surface area contributed by atoms with Crippen molar-refractivity contribution < 1.29 is 5.11 Å². The minimum Gasteiger partial charge on any atom is -0.394 e. The molecule has 0 saturated carbocycles. The molecule has 1 aromatic rings. The summed E-state index contributed by atoms with van der Waals surface area (Å²) in [6, 6.07) is 8.63. The minimum absolute atomic E-state index is 0.165. The fraction of sp³-hybridized carbons (Fsp3) is 0.538. The van der Waals surface area contributed by atoms with Crippen LogP contribution in [0.25, 0.3) is 0 Å². The van der Waals surface area contributed by atoms with Gasteiger partial charge in [-0.2, -0.15) is 0 Å². The molecule has 0 aliphatic carbocycles. The molecule has 2 nitrogen and oxygen atoms in total. The van der Waals surface area contributed by atoms with Gasteiger partial charge in [-0.25, -0.2) is 0 Å². The van der Waals surface area contributed by atoms with Crippen LogP contribution < -0.4 is 5.32 Å². The zero-order chi connectivity index (χ0) is 12.0. The average molecular weight is 239 g/mol. The maximum Gasteiger partial charge on any atom is 0.0607 e.